The van der Waals surface area contributed by atoms with Crippen molar-refractivity contribution in [3.05, 3.63) is 73.0 Å². The summed E-state index contributed by atoms with van der Waals surface area (Å²) in [6.07, 6.45) is -4.92. The second-order valence-electron chi connectivity index (χ2n) is 5.26. The molecule has 0 atom stereocenters. The van der Waals surface area contributed by atoms with Crippen molar-refractivity contribution in [1.82, 2.24) is 14.1 Å². The van der Waals surface area contributed by atoms with Crippen molar-refractivity contribution in [2.45, 2.75) is 6.18 Å². The SMILES string of the molecule is Cn1c(C(F)(F)F)cc(=O)n(-c2cc3[nH]c(=O)ccc3cc2F)c1=O. The number of hydrogen-bond acceptors (Lipinski definition) is 3. The van der Waals surface area contributed by atoms with Crippen molar-refractivity contribution in [1.29, 1.82) is 0 Å². The van der Waals surface area contributed by atoms with E-state index in [1.807, 2.05) is 0 Å². The highest BCUT2D eigenvalue weighted by Crippen LogP contribution is 2.27. The van der Waals surface area contributed by atoms with Gasteiger partial charge in [-0.15, -0.1) is 0 Å². The Morgan fingerprint density at radius 1 is 1.04 bits per heavy atom. The summed E-state index contributed by atoms with van der Waals surface area (Å²) in [4.78, 5) is 38.0. The van der Waals surface area contributed by atoms with Gasteiger partial charge in [-0.3, -0.25) is 14.2 Å². The summed E-state index contributed by atoms with van der Waals surface area (Å²) in [7, 11) is 0.821. The van der Waals surface area contributed by atoms with Crippen LogP contribution in [0.2, 0.25) is 0 Å². The van der Waals surface area contributed by atoms with Crippen molar-refractivity contribution >= 4 is 10.9 Å². The Balaban J connectivity index is 2.38. The van der Waals surface area contributed by atoms with Crippen LogP contribution in [0.5, 0.6) is 0 Å². The van der Waals surface area contributed by atoms with Gasteiger partial charge in [0.1, 0.15) is 11.5 Å². The lowest BCUT2D eigenvalue weighted by atomic mass is 10.2. The average molecular weight is 355 g/mol. The van der Waals surface area contributed by atoms with Gasteiger partial charge in [-0.2, -0.15) is 13.2 Å². The van der Waals surface area contributed by atoms with Crippen LogP contribution in [0.4, 0.5) is 17.6 Å². The normalized spacial score (nSPS) is 11.9. The van der Waals surface area contributed by atoms with Crippen LogP contribution in [0.3, 0.4) is 0 Å². The molecule has 0 saturated carbocycles. The zero-order valence-corrected chi connectivity index (χ0v) is 12.5. The molecular weight excluding hydrogens is 346 g/mol. The molecule has 0 aliphatic carbocycles. The summed E-state index contributed by atoms with van der Waals surface area (Å²) in [5.41, 5.74) is -5.10. The lowest BCUT2D eigenvalue weighted by Crippen LogP contribution is -2.41. The fourth-order valence-electron chi connectivity index (χ4n) is 2.45. The Morgan fingerprint density at radius 2 is 1.72 bits per heavy atom. The monoisotopic (exact) mass is 355 g/mol. The number of pyridine rings is 1. The first-order chi connectivity index (χ1) is 11.6. The molecule has 1 N–H and O–H groups in total. The van der Waals surface area contributed by atoms with Gasteiger partial charge in [-0.1, -0.05) is 0 Å². The standard InChI is InChI=1S/C15H9F4N3O3/c1-21-11(15(17,18)19)6-13(24)22(14(21)25)10-5-9-7(4-8(10)16)2-3-12(23)20-9/h2-6H,1H3,(H,20,23). The Bertz CT molecular complexity index is 1170. The molecule has 0 spiro atoms. The number of nitrogens with one attached hydrogen (secondary N) is 1. The minimum absolute atomic E-state index is 0.123. The second-order valence-corrected chi connectivity index (χ2v) is 5.26. The molecule has 0 saturated heterocycles. The van der Waals surface area contributed by atoms with E-state index >= 15 is 0 Å². The van der Waals surface area contributed by atoms with Gasteiger partial charge in [0.2, 0.25) is 5.56 Å². The number of aromatic amines is 1. The van der Waals surface area contributed by atoms with Gasteiger partial charge < -0.3 is 4.98 Å². The van der Waals surface area contributed by atoms with Gasteiger partial charge in [0, 0.05) is 24.6 Å². The lowest BCUT2D eigenvalue weighted by molar-refractivity contribution is -0.144. The molecule has 0 aliphatic heterocycles. The Kier molecular flexibility index (Phi) is 3.62. The van der Waals surface area contributed by atoms with Crippen molar-refractivity contribution in [2.24, 2.45) is 7.05 Å². The average Bonchev–Trinajstić information content (AvgIpc) is 2.50. The van der Waals surface area contributed by atoms with Crippen LogP contribution in [0.15, 0.2) is 44.7 Å². The van der Waals surface area contributed by atoms with Gasteiger partial charge in [-0.05, 0) is 18.2 Å². The third-order valence-electron chi connectivity index (χ3n) is 3.64. The number of halogens is 4. The molecule has 0 bridgehead atoms. The van der Waals surface area contributed by atoms with E-state index < -0.39 is 40.2 Å². The largest absolute Gasteiger partial charge is 0.431 e. The maximum Gasteiger partial charge on any atom is 0.431 e. The smallest absolute Gasteiger partial charge is 0.322 e. The molecule has 3 aromatic rings. The summed E-state index contributed by atoms with van der Waals surface area (Å²) in [5.74, 6) is -1.00. The molecular formula is C15H9F4N3O3. The molecule has 1 aromatic carbocycles. The molecule has 25 heavy (non-hydrogen) atoms. The Labute approximate surface area is 135 Å². The first-order valence-corrected chi connectivity index (χ1v) is 6.83. The highest BCUT2D eigenvalue weighted by molar-refractivity contribution is 5.80. The predicted octanol–water partition coefficient (Wildman–Crippen LogP) is 1.54. The van der Waals surface area contributed by atoms with Gasteiger partial charge >= 0.3 is 11.9 Å². The van der Waals surface area contributed by atoms with E-state index in [9.17, 15) is 31.9 Å². The van der Waals surface area contributed by atoms with Crippen LogP contribution in [0.25, 0.3) is 16.6 Å². The minimum Gasteiger partial charge on any atom is -0.322 e. The summed E-state index contributed by atoms with van der Waals surface area (Å²) >= 11 is 0. The van der Waals surface area contributed by atoms with Crippen molar-refractivity contribution < 1.29 is 17.6 Å². The lowest BCUT2D eigenvalue weighted by Gasteiger charge is -2.14. The van der Waals surface area contributed by atoms with Crippen LogP contribution < -0.4 is 16.8 Å². The van der Waals surface area contributed by atoms with E-state index in [1.54, 1.807) is 0 Å². The number of nitrogens with zero attached hydrogens (tertiary/aromatic N) is 2. The highest BCUT2D eigenvalue weighted by Gasteiger charge is 2.35. The maximum atomic E-state index is 14.3. The summed E-state index contributed by atoms with van der Waals surface area (Å²) in [6, 6.07) is 4.67. The predicted molar refractivity (Wildman–Crippen MR) is 80.4 cm³/mol. The quantitative estimate of drug-likeness (QED) is 0.673. The number of hydrogen-bond donors (Lipinski definition) is 1. The first-order valence-electron chi connectivity index (χ1n) is 6.83. The van der Waals surface area contributed by atoms with E-state index in [1.165, 1.54) is 6.07 Å². The van der Waals surface area contributed by atoms with Crippen LogP contribution in [0.1, 0.15) is 5.69 Å². The molecule has 10 heteroatoms. The van der Waals surface area contributed by atoms with Gasteiger partial charge in [0.05, 0.1) is 11.2 Å². The Hall–Kier alpha value is -3.17. The van der Waals surface area contributed by atoms with Crippen LogP contribution >= 0.6 is 0 Å². The topological polar surface area (TPSA) is 76.9 Å². The van der Waals surface area contributed by atoms with Crippen LogP contribution in [0, 0.1) is 5.82 Å². The van der Waals surface area contributed by atoms with Crippen LogP contribution in [-0.2, 0) is 13.2 Å². The van der Waals surface area contributed by atoms with E-state index in [2.05, 4.69) is 4.98 Å². The highest BCUT2D eigenvalue weighted by atomic mass is 19.4. The first kappa shape index (κ1) is 16.7. The Morgan fingerprint density at radius 3 is 2.36 bits per heavy atom. The van der Waals surface area contributed by atoms with Gasteiger partial charge in [0.25, 0.3) is 5.56 Å². The van der Waals surface area contributed by atoms with Crippen molar-refractivity contribution in [3.63, 3.8) is 0 Å². The van der Waals surface area contributed by atoms with Crippen molar-refractivity contribution in [2.75, 3.05) is 0 Å². The third-order valence-corrected chi connectivity index (χ3v) is 3.64. The molecule has 3 rings (SSSR count). The fourth-order valence-corrected chi connectivity index (χ4v) is 2.45. The number of benzene rings is 1. The van der Waals surface area contributed by atoms with E-state index in [0.717, 1.165) is 25.2 Å². The third kappa shape index (κ3) is 2.75. The molecule has 0 radical (unpaired) electrons. The molecule has 130 valence electrons. The van der Waals surface area contributed by atoms with E-state index in [-0.39, 0.29) is 26.1 Å². The van der Waals surface area contributed by atoms with E-state index in [0.29, 0.717) is 0 Å². The van der Waals surface area contributed by atoms with E-state index in [4.69, 9.17) is 0 Å². The number of rotatable bonds is 1. The molecule has 2 heterocycles. The van der Waals surface area contributed by atoms with Gasteiger partial charge in [0.15, 0.2) is 0 Å². The summed E-state index contributed by atoms with van der Waals surface area (Å²) in [6.45, 7) is 0. The number of H-pyrrole nitrogens is 1. The van der Waals surface area contributed by atoms with Gasteiger partial charge in [-0.25, -0.2) is 13.8 Å². The summed E-state index contributed by atoms with van der Waals surface area (Å²) < 4.78 is 53.3. The molecule has 0 aliphatic rings. The minimum atomic E-state index is -4.92. The fraction of sp³-hybridized carbons (Fsp3) is 0.133. The summed E-state index contributed by atoms with van der Waals surface area (Å²) in [5, 5.41) is 0.289. The maximum absolute atomic E-state index is 14.3. The zero-order valence-electron chi connectivity index (χ0n) is 12.5. The van der Waals surface area contributed by atoms with Crippen LogP contribution in [-0.4, -0.2) is 14.1 Å². The molecule has 0 unspecified atom stereocenters. The molecule has 0 fully saturated rings. The van der Waals surface area contributed by atoms with Crippen molar-refractivity contribution in [3.8, 4) is 5.69 Å². The molecule has 0 amide bonds. The zero-order chi connectivity index (χ0) is 18.5. The number of fused-ring (bicyclic) bond motifs is 1. The number of alkyl halides is 3. The molecule has 2 aromatic heterocycles. The molecule has 6 nitrogen and oxygen atoms in total. The second kappa shape index (κ2) is 5.43. The number of aromatic nitrogens is 3.